The molecule has 0 radical (unpaired) electrons. The van der Waals surface area contributed by atoms with Gasteiger partial charge in [0.25, 0.3) is 0 Å². The number of nitrogens with one attached hydrogen (secondary N) is 2. The fraction of sp³-hybridized carbons (Fsp3) is 0.417. The summed E-state index contributed by atoms with van der Waals surface area (Å²) < 4.78 is 27.5. The monoisotopic (exact) mass is 473 g/mol. The van der Waals surface area contributed by atoms with Crippen LogP contribution in [0.25, 0.3) is 0 Å². The van der Waals surface area contributed by atoms with E-state index in [2.05, 4.69) is 46.0 Å². The third kappa shape index (κ3) is 6.04. The number of hydrogen-bond acceptors (Lipinski definition) is 7. The first-order chi connectivity index (χ1) is 15.9. The van der Waals surface area contributed by atoms with Crippen LogP contribution in [0.2, 0.25) is 0 Å². The fourth-order valence-electron chi connectivity index (χ4n) is 4.40. The van der Waals surface area contributed by atoms with Gasteiger partial charge in [-0.15, -0.1) is 10.2 Å². The lowest BCUT2D eigenvalue weighted by atomic mass is 9.86. The number of nitrogens with zero attached hydrogens (tertiary/aromatic N) is 2. The third-order valence-electron chi connectivity index (χ3n) is 6.10. The molecule has 0 saturated heterocycles. The number of aromatic nitrogens is 2. The van der Waals surface area contributed by atoms with E-state index in [-0.39, 0.29) is 12.5 Å². The maximum Gasteiger partial charge on any atom is 0.207 e. The summed E-state index contributed by atoms with van der Waals surface area (Å²) in [6.07, 6.45) is 3.48. The number of rotatable bonds is 9. The Kier molecular flexibility index (Phi) is 7.52. The largest absolute Gasteiger partial charge is 0.390 e. The van der Waals surface area contributed by atoms with E-state index in [1.807, 2.05) is 0 Å². The number of benzene rings is 2. The van der Waals surface area contributed by atoms with Gasteiger partial charge in [0.05, 0.1) is 12.1 Å². The maximum atomic E-state index is 13.7. The number of aliphatic hydroxyl groups excluding tert-OH is 1. The molecule has 0 spiro atoms. The zero-order valence-corrected chi connectivity index (χ0v) is 19.3. The van der Waals surface area contributed by atoms with Gasteiger partial charge in [-0.1, -0.05) is 36.5 Å². The zero-order valence-electron chi connectivity index (χ0n) is 18.5. The molecule has 4 rings (SSSR count). The molecule has 3 atom stereocenters. The zero-order chi connectivity index (χ0) is 23.4. The minimum Gasteiger partial charge on any atom is -0.390 e. The molecule has 3 aromatic rings. The van der Waals surface area contributed by atoms with E-state index >= 15 is 0 Å². The van der Waals surface area contributed by atoms with Gasteiger partial charge in [-0.05, 0) is 66.5 Å². The smallest absolute Gasteiger partial charge is 0.207 e. The van der Waals surface area contributed by atoms with Crippen LogP contribution in [0.3, 0.4) is 0 Å². The molecule has 0 bridgehead atoms. The van der Waals surface area contributed by atoms with Gasteiger partial charge in [0.1, 0.15) is 11.6 Å². The van der Waals surface area contributed by atoms with E-state index in [4.69, 9.17) is 5.73 Å². The lowest BCUT2D eigenvalue weighted by Crippen LogP contribution is -2.43. The normalized spacial score (nSPS) is 17.4. The number of halogens is 2. The summed E-state index contributed by atoms with van der Waals surface area (Å²) >= 11 is 1.16. The molecule has 0 amide bonds. The van der Waals surface area contributed by atoms with Crippen molar-refractivity contribution in [1.82, 2.24) is 15.5 Å². The molecule has 6 nitrogen and oxygen atoms in total. The molecule has 0 aliphatic heterocycles. The van der Waals surface area contributed by atoms with Crippen molar-refractivity contribution in [3.05, 3.63) is 70.3 Å². The summed E-state index contributed by atoms with van der Waals surface area (Å²) in [7, 11) is 0. The molecule has 0 fully saturated rings. The molecular weight excluding hydrogens is 444 g/mol. The molecule has 1 aromatic heterocycles. The van der Waals surface area contributed by atoms with Gasteiger partial charge in [-0.2, -0.15) is 0 Å². The van der Waals surface area contributed by atoms with Crippen LogP contribution >= 0.6 is 11.3 Å². The van der Waals surface area contributed by atoms with Gasteiger partial charge in [0.15, 0.2) is 0 Å². The number of nitrogen functional groups attached to an aromatic ring is 1. The minimum absolute atomic E-state index is 0.152. The first-order valence-electron chi connectivity index (χ1n) is 11.2. The van der Waals surface area contributed by atoms with E-state index in [0.29, 0.717) is 22.4 Å². The Hall–Kier alpha value is -2.62. The van der Waals surface area contributed by atoms with Crippen molar-refractivity contribution in [2.75, 3.05) is 17.6 Å². The highest BCUT2D eigenvalue weighted by atomic mass is 32.1. The van der Waals surface area contributed by atoms with Crippen molar-refractivity contribution in [2.24, 2.45) is 0 Å². The molecule has 0 saturated carbocycles. The van der Waals surface area contributed by atoms with Gasteiger partial charge in [-0.25, -0.2) is 8.78 Å². The summed E-state index contributed by atoms with van der Waals surface area (Å²) in [4.78, 5) is 0. The Bertz CT molecular complexity index is 1070. The summed E-state index contributed by atoms with van der Waals surface area (Å²) in [5.41, 5.74) is 10.1. The quantitative estimate of drug-likeness (QED) is 0.375. The maximum absolute atomic E-state index is 13.7. The molecule has 5 N–H and O–H groups in total. The second-order valence-corrected chi connectivity index (χ2v) is 9.49. The molecule has 33 heavy (non-hydrogen) atoms. The minimum atomic E-state index is -0.846. The lowest BCUT2D eigenvalue weighted by molar-refractivity contribution is 0.143. The van der Waals surface area contributed by atoms with E-state index < -0.39 is 23.8 Å². The van der Waals surface area contributed by atoms with Crippen molar-refractivity contribution in [1.29, 1.82) is 0 Å². The number of nitrogens with two attached hydrogens (primary N) is 1. The van der Waals surface area contributed by atoms with Crippen LogP contribution in [0.4, 0.5) is 19.0 Å². The van der Waals surface area contributed by atoms with Crippen molar-refractivity contribution in [3.8, 4) is 0 Å². The van der Waals surface area contributed by atoms with Crippen LogP contribution < -0.4 is 16.4 Å². The van der Waals surface area contributed by atoms with Crippen LogP contribution in [-0.2, 0) is 19.3 Å². The molecular formula is C24H29F2N5OS. The van der Waals surface area contributed by atoms with E-state index in [1.165, 1.54) is 28.8 Å². The van der Waals surface area contributed by atoms with Crippen LogP contribution in [0, 0.1) is 11.6 Å². The molecule has 1 aliphatic rings. The number of aryl methyl sites for hydroxylation is 2. The number of fused-ring (bicyclic) bond motifs is 1. The molecule has 9 heteroatoms. The van der Waals surface area contributed by atoms with Crippen LogP contribution in [-0.4, -0.2) is 34.0 Å². The summed E-state index contributed by atoms with van der Waals surface area (Å²) in [5, 5.41) is 26.2. The third-order valence-corrected chi connectivity index (χ3v) is 6.78. The van der Waals surface area contributed by atoms with Gasteiger partial charge < -0.3 is 21.5 Å². The van der Waals surface area contributed by atoms with Crippen molar-refractivity contribution in [3.63, 3.8) is 0 Å². The van der Waals surface area contributed by atoms with Crippen molar-refractivity contribution >= 4 is 21.6 Å². The second-order valence-electron chi connectivity index (χ2n) is 8.49. The predicted molar refractivity (Wildman–Crippen MR) is 127 cm³/mol. The highest BCUT2D eigenvalue weighted by Gasteiger charge is 2.25. The molecule has 3 unspecified atom stereocenters. The fourth-order valence-corrected chi connectivity index (χ4v) is 4.97. The molecule has 1 heterocycles. The first-order valence-corrected chi connectivity index (χ1v) is 12.1. The van der Waals surface area contributed by atoms with Crippen LogP contribution in [0.15, 0.2) is 36.4 Å². The molecule has 1 aliphatic carbocycles. The van der Waals surface area contributed by atoms with Gasteiger partial charge in [0, 0.05) is 18.7 Å². The standard InChI is InChI=1S/C24H29F2N5OS/c1-2-14-6-7-16-4-3-5-20(19(16)10-14)28-13-22(32)21(29-24-31-30-23(27)33-24)11-15-8-17(25)12-18(26)9-15/h6-10,12,20-22,28,32H,2-5,11,13H2,1H3,(H2,27,30)(H,29,31). The van der Waals surface area contributed by atoms with E-state index in [9.17, 15) is 13.9 Å². The van der Waals surface area contributed by atoms with E-state index in [1.54, 1.807) is 0 Å². The Morgan fingerprint density at radius 1 is 1.15 bits per heavy atom. The highest BCUT2D eigenvalue weighted by Crippen LogP contribution is 2.31. The highest BCUT2D eigenvalue weighted by molar-refractivity contribution is 7.18. The van der Waals surface area contributed by atoms with Crippen molar-refractivity contribution in [2.45, 2.75) is 57.2 Å². The number of anilines is 2. The van der Waals surface area contributed by atoms with Gasteiger partial charge in [0.2, 0.25) is 10.3 Å². The first kappa shape index (κ1) is 23.5. The molecule has 176 valence electrons. The molecule has 2 aromatic carbocycles. The lowest BCUT2D eigenvalue weighted by Gasteiger charge is -2.30. The topological polar surface area (TPSA) is 96.1 Å². The average molecular weight is 474 g/mol. The van der Waals surface area contributed by atoms with E-state index in [0.717, 1.165) is 43.1 Å². The predicted octanol–water partition coefficient (Wildman–Crippen LogP) is 4.01. The van der Waals surface area contributed by atoms with Crippen LogP contribution in [0.1, 0.15) is 48.1 Å². The number of aliphatic hydroxyl groups is 1. The Balaban J connectivity index is 1.49. The Morgan fingerprint density at radius 3 is 2.64 bits per heavy atom. The summed E-state index contributed by atoms with van der Waals surface area (Å²) in [6, 6.07) is 9.64. The van der Waals surface area contributed by atoms with Gasteiger partial charge in [-0.3, -0.25) is 0 Å². The van der Waals surface area contributed by atoms with Crippen LogP contribution in [0.5, 0.6) is 0 Å². The summed E-state index contributed by atoms with van der Waals surface area (Å²) in [6.45, 7) is 2.45. The van der Waals surface area contributed by atoms with Gasteiger partial charge >= 0.3 is 0 Å². The second kappa shape index (κ2) is 10.5. The van der Waals surface area contributed by atoms with Crippen molar-refractivity contribution < 1.29 is 13.9 Å². The summed E-state index contributed by atoms with van der Waals surface area (Å²) in [5.74, 6) is -1.30. The number of hydrogen-bond donors (Lipinski definition) is 4. The average Bonchev–Trinajstić information content (AvgIpc) is 3.20. The SMILES string of the molecule is CCc1ccc2c(c1)C(NCC(O)C(Cc1cc(F)cc(F)c1)Nc1nnc(N)s1)CCC2. The Labute approximate surface area is 196 Å². The Morgan fingerprint density at radius 2 is 1.94 bits per heavy atom.